The van der Waals surface area contributed by atoms with Crippen LogP contribution in [0.3, 0.4) is 0 Å². The van der Waals surface area contributed by atoms with Crippen LogP contribution in [-0.4, -0.2) is 7.11 Å². The third kappa shape index (κ3) is 4.23. The number of methoxy groups -OCH3 is 1. The Morgan fingerprint density at radius 1 is 1.10 bits per heavy atom. The topological polar surface area (TPSA) is 35.2 Å². The van der Waals surface area contributed by atoms with Gasteiger partial charge < -0.3 is 10.5 Å². The summed E-state index contributed by atoms with van der Waals surface area (Å²) in [5.74, 6) is 0.935. The molecule has 0 aliphatic heterocycles. The number of hydrogen-bond acceptors (Lipinski definition) is 2. The quantitative estimate of drug-likeness (QED) is 0.654. The van der Waals surface area contributed by atoms with Gasteiger partial charge in [-0.05, 0) is 42.5 Å². The zero-order chi connectivity index (χ0) is 15.1. The summed E-state index contributed by atoms with van der Waals surface area (Å²) >= 11 is 0. The minimum Gasteiger partial charge on any atom is -0.497 e. The molecule has 2 nitrogen and oxygen atoms in total. The SMILES string of the molecule is CCCCCCCCCC1(N)CCc2ccc(OC)cc21. The second kappa shape index (κ2) is 7.84. The van der Waals surface area contributed by atoms with Crippen LogP contribution < -0.4 is 10.5 Å². The highest BCUT2D eigenvalue weighted by Crippen LogP contribution is 2.40. The molecule has 0 fully saturated rings. The van der Waals surface area contributed by atoms with Gasteiger partial charge in [-0.25, -0.2) is 0 Å². The fraction of sp³-hybridized carbons (Fsp3) is 0.684. The summed E-state index contributed by atoms with van der Waals surface area (Å²) in [5, 5.41) is 0. The molecule has 2 rings (SSSR count). The Morgan fingerprint density at radius 3 is 2.52 bits per heavy atom. The Balaban J connectivity index is 1.82. The number of unbranched alkanes of at least 4 members (excludes halogenated alkanes) is 6. The number of nitrogens with two attached hydrogens (primary N) is 1. The van der Waals surface area contributed by atoms with Crippen LogP contribution in [-0.2, 0) is 12.0 Å². The van der Waals surface area contributed by atoms with Crippen molar-refractivity contribution >= 4 is 0 Å². The van der Waals surface area contributed by atoms with Crippen LogP contribution in [0.15, 0.2) is 18.2 Å². The molecule has 0 saturated heterocycles. The van der Waals surface area contributed by atoms with Gasteiger partial charge in [0.25, 0.3) is 0 Å². The molecule has 0 amide bonds. The van der Waals surface area contributed by atoms with Gasteiger partial charge in [0.2, 0.25) is 0 Å². The van der Waals surface area contributed by atoms with E-state index in [2.05, 4.69) is 25.1 Å². The third-order valence-electron chi connectivity index (χ3n) is 4.92. The standard InChI is InChI=1S/C19H31NO/c1-3-4-5-6-7-8-9-13-19(20)14-12-16-10-11-17(21-2)15-18(16)19/h10-11,15H,3-9,12-14,20H2,1-2H3. The van der Waals surface area contributed by atoms with Gasteiger partial charge in [-0.1, -0.05) is 57.9 Å². The molecule has 1 aromatic carbocycles. The lowest BCUT2D eigenvalue weighted by Gasteiger charge is -2.26. The Hall–Kier alpha value is -1.02. The van der Waals surface area contributed by atoms with E-state index >= 15 is 0 Å². The predicted octanol–water partition coefficient (Wildman–Crippen LogP) is 4.94. The van der Waals surface area contributed by atoms with Gasteiger partial charge in [0.05, 0.1) is 7.11 Å². The first-order valence-electron chi connectivity index (χ1n) is 8.66. The van der Waals surface area contributed by atoms with Crippen LogP contribution in [0.4, 0.5) is 0 Å². The second-order valence-corrected chi connectivity index (χ2v) is 6.55. The number of hydrogen-bond donors (Lipinski definition) is 1. The highest BCUT2D eigenvalue weighted by atomic mass is 16.5. The van der Waals surface area contributed by atoms with Crippen molar-refractivity contribution in [2.75, 3.05) is 7.11 Å². The van der Waals surface area contributed by atoms with E-state index in [9.17, 15) is 0 Å². The fourth-order valence-corrected chi connectivity index (χ4v) is 3.51. The molecule has 1 aliphatic carbocycles. The number of benzene rings is 1. The van der Waals surface area contributed by atoms with Crippen molar-refractivity contribution in [3.05, 3.63) is 29.3 Å². The van der Waals surface area contributed by atoms with Gasteiger partial charge in [-0.15, -0.1) is 0 Å². The van der Waals surface area contributed by atoms with Crippen LogP contribution in [0, 0.1) is 0 Å². The zero-order valence-electron chi connectivity index (χ0n) is 13.8. The lowest BCUT2D eigenvalue weighted by Crippen LogP contribution is -2.34. The maximum atomic E-state index is 6.70. The average molecular weight is 289 g/mol. The lowest BCUT2D eigenvalue weighted by molar-refractivity contribution is 0.379. The highest BCUT2D eigenvalue weighted by molar-refractivity contribution is 5.43. The molecule has 0 spiro atoms. The van der Waals surface area contributed by atoms with E-state index in [1.54, 1.807) is 7.11 Å². The maximum Gasteiger partial charge on any atom is 0.119 e. The number of rotatable bonds is 9. The average Bonchev–Trinajstić information content (AvgIpc) is 2.83. The molecule has 21 heavy (non-hydrogen) atoms. The largest absolute Gasteiger partial charge is 0.497 e. The van der Waals surface area contributed by atoms with Crippen molar-refractivity contribution < 1.29 is 4.74 Å². The molecule has 1 aromatic rings. The molecule has 2 N–H and O–H groups in total. The van der Waals surface area contributed by atoms with Crippen molar-refractivity contribution in [3.8, 4) is 5.75 Å². The van der Waals surface area contributed by atoms with Gasteiger partial charge in [0.1, 0.15) is 5.75 Å². The Kier molecular flexibility index (Phi) is 6.10. The van der Waals surface area contributed by atoms with Crippen LogP contribution in [0.5, 0.6) is 5.75 Å². The van der Waals surface area contributed by atoms with Crippen LogP contribution in [0.1, 0.15) is 75.8 Å². The molecule has 0 bridgehead atoms. The van der Waals surface area contributed by atoms with E-state index < -0.39 is 0 Å². The van der Waals surface area contributed by atoms with Crippen LogP contribution in [0.25, 0.3) is 0 Å². The highest BCUT2D eigenvalue weighted by Gasteiger charge is 2.34. The Morgan fingerprint density at radius 2 is 1.81 bits per heavy atom. The van der Waals surface area contributed by atoms with Crippen molar-refractivity contribution in [3.63, 3.8) is 0 Å². The molecular weight excluding hydrogens is 258 g/mol. The first-order chi connectivity index (χ1) is 10.2. The van der Waals surface area contributed by atoms with Crippen LogP contribution >= 0.6 is 0 Å². The number of aryl methyl sites for hydroxylation is 1. The van der Waals surface area contributed by atoms with Gasteiger partial charge in [0, 0.05) is 5.54 Å². The van der Waals surface area contributed by atoms with E-state index in [0.717, 1.165) is 25.0 Å². The third-order valence-corrected chi connectivity index (χ3v) is 4.92. The van der Waals surface area contributed by atoms with E-state index in [-0.39, 0.29) is 5.54 Å². The summed E-state index contributed by atoms with van der Waals surface area (Å²) in [6.07, 6.45) is 12.7. The molecule has 1 aliphatic rings. The molecule has 0 saturated carbocycles. The van der Waals surface area contributed by atoms with Crippen molar-refractivity contribution in [2.45, 2.75) is 76.7 Å². The summed E-state index contributed by atoms with van der Waals surface area (Å²) in [4.78, 5) is 0. The summed E-state index contributed by atoms with van der Waals surface area (Å²) in [5.41, 5.74) is 9.33. The second-order valence-electron chi connectivity index (χ2n) is 6.55. The van der Waals surface area contributed by atoms with Crippen molar-refractivity contribution in [2.24, 2.45) is 5.73 Å². The molecule has 0 heterocycles. The molecule has 0 aromatic heterocycles. The molecule has 1 unspecified atom stereocenters. The Bertz CT molecular complexity index is 443. The maximum absolute atomic E-state index is 6.70. The molecule has 1 atom stereocenters. The van der Waals surface area contributed by atoms with Crippen molar-refractivity contribution in [1.29, 1.82) is 0 Å². The van der Waals surface area contributed by atoms with E-state index in [1.807, 2.05) is 0 Å². The van der Waals surface area contributed by atoms with E-state index in [0.29, 0.717) is 0 Å². The van der Waals surface area contributed by atoms with E-state index in [4.69, 9.17) is 10.5 Å². The molecule has 118 valence electrons. The predicted molar refractivity (Wildman–Crippen MR) is 89.8 cm³/mol. The minimum absolute atomic E-state index is 0.118. The Labute approximate surface area is 130 Å². The van der Waals surface area contributed by atoms with Gasteiger partial charge in [-0.3, -0.25) is 0 Å². The zero-order valence-corrected chi connectivity index (χ0v) is 13.8. The molecule has 0 radical (unpaired) electrons. The normalized spacial score (nSPS) is 20.5. The number of fused-ring (bicyclic) bond motifs is 1. The van der Waals surface area contributed by atoms with Crippen LogP contribution in [0.2, 0.25) is 0 Å². The number of ether oxygens (including phenoxy) is 1. The van der Waals surface area contributed by atoms with Gasteiger partial charge in [-0.2, -0.15) is 0 Å². The summed E-state index contributed by atoms with van der Waals surface area (Å²) in [7, 11) is 1.73. The van der Waals surface area contributed by atoms with E-state index in [1.165, 1.54) is 56.1 Å². The summed E-state index contributed by atoms with van der Waals surface area (Å²) < 4.78 is 5.36. The summed E-state index contributed by atoms with van der Waals surface area (Å²) in [6, 6.07) is 6.40. The molecule has 2 heteroatoms. The van der Waals surface area contributed by atoms with Gasteiger partial charge >= 0.3 is 0 Å². The smallest absolute Gasteiger partial charge is 0.119 e. The van der Waals surface area contributed by atoms with Gasteiger partial charge in [0.15, 0.2) is 0 Å². The first-order valence-corrected chi connectivity index (χ1v) is 8.66. The minimum atomic E-state index is -0.118. The summed E-state index contributed by atoms with van der Waals surface area (Å²) in [6.45, 7) is 2.27. The monoisotopic (exact) mass is 289 g/mol. The first kappa shape index (κ1) is 16.4. The molecular formula is C19H31NO. The lowest BCUT2D eigenvalue weighted by atomic mass is 9.87. The van der Waals surface area contributed by atoms with Crippen molar-refractivity contribution in [1.82, 2.24) is 0 Å². The fourth-order valence-electron chi connectivity index (χ4n) is 3.51.